The molecule has 1 aromatic carbocycles. The minimum absolute atomic E-state index is 0.0763. The van der Waals surface area contributed by atoms with Crippen LogP contribution in [-0.2, 0) is 0 Å². The van der Waals surface area contributed by atoms with E-state index in [1.54, 1.807) is 42.1 Å². The van der Waals surface area contributed by atoms with Crippen molar-refractivity contribution in [2.24, 2.45) is 0 Å². The second-order valence-electron chi connectivity index (χ2n) is 8.76. The van der Waals surface area contributed by atoms with Crippen LogP contribution in [0.3, 0.4) is 0 Å². The zero-order valence-electron chi connectivity index (χ0n) is 19.5. The molecular weight excluding hydrogens is 468 g/mol. The Hall–Kier alpha value is -4.17. The number of pyridine rings is 2. The highest BCUT2D eigenvalue weighted by Crippen LogP contribution is 2.40. The highest BCUT2D eigenvalue weighted by molar-refractivity contribution is 7.17. The van der Waals surface area contributed by atoms with Crippen molar-refractivity contribution in [2.75, 3.05) is 18.0 Å². The molecule has 5 heterocycles. The summed E-state index contributed by atoms with van der Waals surface area (Å²) in [5.74, 6) is 1.48. The van der Waals surface area contributed by atoms with Gasteiger partial charge in [0.05, 0.1) is 10.9 Å². The average Bonchev–Trinajstić information content (AvgIpc) is 3.39. The molecule has 1 aliphatic heterocycles. The fourth-order valence-corrected chi connectivity index (χ4v) is 5.54. The maximum atomic E-state index is 12.6. The second-order valence-corrected chi connectivity index (χ2v) is 9.62. The second kappa shape index (κ2) is 9.83. The third-order valence-electron chi connectivity index (χ3n) is 6.45. The molecule has 0 atom stereocenters. The fourth-order valence-electron chi connectivity index (χ4n) is 4.59. The predicted octanol–water partition coefficient (Wildman–Crippen LogP) is 5.21. The van der Waals surface area contributed by atoms with E-state index in [9.17, 15) is 4.79 Å². The summed E-state index contributed by atoms with van der Waals surface area (Å²) >= 11 is 1.63. The highest BCUT2D eigenvalue weighted by Gasteiger charge is 2.26. The molecule has 6 rings (SSSR count). The molecule has 1 saturated heterocycles. The van der Waals surface area contributed by atoms with Crippen LogP contribution in [0.2, 0.25) is 0 Å². The van der Waals surface area contributed by atoms with Gasteiger partial charge in [-0.05, 0) is 42.7 Å². The number of piperidine rings is 1. The molecule has 1 aliphatic rings. The Morgan fingerprint density at radius 1 is 0.944 bits per heavy atom. The topological polar surface area (TPSA) is 83.9 Å². The van der Waals surface area contributed by atoms with Gasteiger partial charge in [-0.2, -0.15) is 0 Å². The van der Waals surface area contributed by atoms with Gasteiger partial charge in [0.15, 0.2) is 5.82 Å². The zero-order valence-corrected chi connectivity index (χ0v) is 20.4. The maximum Gasteiger partial charge on any atom is 0.253 e. The minimum atomic E-state index is -0.0763. The molecule has 1 fully saturated rings. The molecule has 0 bridgehead atoms. The highest BCUT2D eigenvalue weighted by atomic mass is 32.1. The Kier molecular flexibility index (Phi) is 6.09. The van der Waals surface area contributed by atoms with E-state index < -0.39 is 0 Å². The number of carbonyl (C=O) groups is 1. The summed E-state index contributed by atoms with van der Waals surface area (Å²) in [5.41, 5.74) is 3.64. The van der Waals surface area contributed by atoms with Gasteiger partial charge in [-0.3, -0.25) is 14.8 Å². The molecule has 0 aliphatic carbocycles. The quantitative estimate of drug-likeness (QED) is 0.362. The van der Waals surface area contributed by atoms with Gasteiger partial charge in [0.2, 0.25) is 0 Å². The Balaban J connectivity index is 1.32. The van der Waals surface area contributed by atoms with Crippen molar-refractivity contribution in [3.8, 4) is 22.6 Å². The van der Waals surface area contributed by atoms with E-state index >= 15 is 0 Å². The number of hydrogen-bond acceptors (Lipinski definition) is 7. The van der Waals surface area contributed by atoms with Crippen LogP contribution in [-0.4, -0.2) is 45.0 Å². The van der Waals surface area contributed by atoms with Gasteiger partial charge in [0.1, 0.15) is 16.3 Å². The standard InChI is InChI=1S/C28H24N6OS/c35-27(20-9-6-13-29-17-20)31-21-11-15-34(16-12-21)26-24-22(19-7-2-1-3-8-19)18-36-28(24)33-25(32-26)23-10-4-5-14-30-23/h1-10,13-14,17-18,21H,11-12,15-16H2,(H,31,35). The van der Waals surface area contributed by atoms with Crippen molar-refractivity contribution in [3.63, 3.8) is 0 Å². The lowest BCUT2D eigenvalue weighted by atomic mass is 10.0. The summed E-state index contributed by atoms with van der Waals surface area (Å²) in [7, 11) is 0. The van der Waals surface area contributed by atoms with Crippen LogP contribution in [0.5, 0.6) is 0 Å². The third-order valence-corrected chi connectivity index (χ3v) is 7.32. The number of amides is 1. The first-order valence-corrected chi connectivity index (χ1v) is 12.9. The maximum absolute atomic E-state index is 12.6. The van der Waals surface area contributed by atoms with Crippen LogP contribution in [0, 0.1) is 0 Å². The number of nitrogens with zero attached hydrogens (tertiary/aromatic N) is 5. The van der Waals surface area contributed by atoms with E-state index in [0.717, 1.165) is 58.8 Å². The summed E-state index contributed by atoms with van der Waals surface area (Å²) in [4.78, 5) is 34.4. The molecular formula is C28H24N6OS. The third kappa shape index (κ3) is 4.43. The van der Waals surface area contributed by atoms with Crippen LogP contribution in [0.4, 0.5) is 5.82 Å². The molecule has 0 radical (unpaired) electrons. The van der Waals surface area contributed by atoms with E-state index in [1.807, 2.05) is 24.3 Å². The Bertz CT molecular complexity index is 1480. The van der Waals surface area contributed by atoms with Crippen LogP contribution < -0.4 is 10.2 Å². The van der Waals surface area contributed by atoms with E-state index in [4.69, 9.17) is 9.97 Å². The zero-order chi connectivity index (χ0) is 24.3. The summed E-state index contributed by atoms with van der Waals surface area (Å²) in [6, 6.07) is 19.8. The van der Waals surface area contributed by atoms with Gasteiger partial charge in [-0.15, -0.1) is 11.3 Å². The molecule has 8 heteroatoms. The van der Waals surface area contributed by atoms with E-state index in [0.29, 0.717) is 11.4 Å². The number of rotatable bonds is 5. The average molecular weight is 493 g/mol. The number of hydrogen-bond donors (Lipinski definition) is 1. The van der Waals surface area contributed by atoms with E-state index in [1.165, 1.54) is 0 Å². The van der Waals surface area contributed by atoms with Gasteiger partial charge >= 0.3 is 0 Å². The van der Waals surface area contributed by atoms with Crippen molar-refractivity contribution < 1.29 is 4.79 Å². The molecule has 1 N–H and O–H groups in total. The number of fused-ring (bicyclic) bond motifs is 1. The molecule has 36 heavy (non-hydrogen) atoms. The van der Waals surface area contributed by atoms with Gasteiger partial charge in [0.25, 0.3) is 5.91 Å². The Labute approximate surface area is 212 Å². The number of nitrogens with one attached hydrogen (secondary N) is 1. The van der Waals surface area contributed by atoms with E-state index in [-0.39, 0.29) is 11.9 Å². The number of carbonyl (C=O) groups excluding carboxylic acids is 1. The van der Waals surface area contributed by atoms with Crippen molar-refractivity contribution in [3.05, 3.63) is 90.2 Å². The summed E-state index contributed by atoms with van der Waals surface area (Å²) in [5, 5.41) is 6.41. The number of aromatic nitrogens is 4. The largest absolute Gasteiger partial charge is 0.356 e. The smallest absolute Gasteiger partial charge is 0.253 e. The predicted molar refractivity (Wildman–Crippen MR) is 143 cm³/mol. The van der Waals surface area contributed by atoms with Crippen molar-refractivity contribution in [1.82, 2.24) is 25.3 Å². The summed E-state index contributed by atoms with van der Waals surface area (Å²) < 4.78 is 0. The van der Waals surface area contributed by atoms with Crippen LogP contribution in [0.15, 0.2) is 84.6 Å². The van der Waals surface area contributed by atoms with Crippen molar-refractivity contribution in [2.45, 2.75) is 18.9 Å². The Morgan fingerprint density at radius 2 is 1.78 bits per heavy atom. The number of anilines is 1. The monoisotopic (exact) mass is 492 g/mol. The first-order chi connectivity index (χ1) is 17.8. The van der Waals surface area contributed by atoms with Crippen LogP contribution >= 0.6 is 11.3 Å². The molecule has 7 nitrogen and oxygen atoms in total. The lowest BCUT2D eigenvalue weighted by Gasteiger charge is -2.33. The van der Waals surface area contributed by atoms with Gasteiger partial charge < -0.3 is 10.2 Å². The van der Waals surface area contributed by atoms with Crippen molar-refractivity contribution in [1.29, 1.82) is 0 Å². The first-order valence-electron chi connectivity index (χ1n) is 12.0. The molecule has 1 amide bonds. The van der Waals surface area contributed by atoms with Crippen LogP contribution in [0.1, 0.15) is 23.2 Å². The SMILES string of the molecule is O=C(NC1CCN(c2nc(-c3ccccn3)nc3scc(-c4ccccc4)c23)CC1)c1cccnc1. The molecule has 0 spiro atoms. The normalized spacial score (nSPS) is 14.2. The van der Waals surface area contributed by atoms with Crippen LogP contribution in [0.25, 0.3) is 32.9 Å². The van der Waals surface area contributed by atoms with Crippen molar-refractivity contribution >= 4 is 33.3 Å². The number of benzene rings is 1. The summed E-state index contributed by atoms with van der Waals surface area (Å²) in [6.07, 6.45) is 6.71. The lowest BCUT2D eigenvalue weighted by molar-refractivity contribution is 0.0930. The van der Waals surface area contributed by atoms with Gasteiger partial charge in [-0.1, -0.05) is 36.4 Å². The minimum Gasteiger partial charge on any atom is -0.356 e. The fraction of sp³-hybridized carbons (Fsp3) is 0.179. The molecule has 0 unspecified atom stereocenters. The van der Waals surface area contributed by atoms with Gasteiger partial charge in [-0.25, -0.2) is 9.97 Å². The first kappa shape index (κ1) is 22.3. The summed E-state index contributed by atoms with van der Waals surface area (Å²) in [6.45, 7) is 1.58. The molecule has 5 aromatic rings. The molecule has 0 saturated carbocycles. The van der Waals surface area contributed by atoms with Gasteiger partial charge in [0, 0.05) is 48.7 Å². The number of thiophene rings is 1. The Morgan fingerprint density at radius 3 is 2.53 bits per heavy atom. The molecule has 178 valence electrons. The molecule has 4 aromatic heterocycles. The van der Waals surface area contributed by atoms with E-state index in [2.05, 4.69) is 49.8 Å². The lowest BCUT2D eigenvalue weighted by Crippen LogP contribution is -2.45.